The molecule has 0 saturated carbocycles. The number of hydrogen-bond acceptors (Lipinski definition) is 5. The lowest BCUT2D eigenvalue weighted by Crippen LogP contribution is -2.46. The maximum atomic E-state index is 6.20. The topological polar surface area (TPSA) is 45.4 Å². The molecule has 0 spiro atoms. The molecule has 1 aliphatic rings. The molecule has 1 fully saturated rings. The Morgan fingerprint density at radius 1 is 0.962 bits per heavy atom. The molecule has 0 aliphatic carbocycles. The van der Waals surface area contributed by atoms with Crippen molar-refractivity contribution in [2.24, 2.45) is 0 Å². The van der Waals surface area contributed by atoms with E-state index in [1.54, 1.807) is 0 Å². The van der Waals surface area contributed by atoms with E-state index in [2.05, 4.69) is 51.2 Å². The third kappa shape index (κ3) is 3.59. The van der Waals surface area contributed by atoms with Gasteiger partial charge in [-0.05, 0) is 30.7 Å². The Morgan fingerprint density at radius 2 is 1.69 bits per heavy atom. The SMILES string of the molecule is Cc1ccccc1N1CCN(Cc2nnc(-c3ccccc3Cl)o2)CC1. The second-order valence-corrected chi connectivity index (χ2v) is 6.94. The van der Waals surface area contributed by atoms with Gasteiger partial charge in [-0.25, -0.2) is 0 Å². The maximum absolute atomic E-state index is 6.20. The van der Waals surface area contributed by atoms with Crippen LogP contribution in [0.25, 0.3) is 11.5 Å². The molecule has 26 heavy (non-hydrogen) atoms. The number of aromatic nitrogens is 2. The number of nitrogens with zero attached hydrogens (tertiary/aromatic N) is 4. The second kappa shape index (κ2) is 7.48. The molecule has 0 amide bonds. The van der Waals surface area contributed by atoms with Gasteiger partial charge in [0.2, 0.25) is 11.8 Å². The second-order valence-electron chi connectivity index (χ2n) is 6.53. The summed E-state index contributed by atoms with van der Waals surface area (Å²) in [4.78, 5) is 4.79. The van der Waals surface area contributed by atoms with Gasteiger partial charge in [-0.1, -0.05) is 41.9 Å². The largest absolute Gasteiger partial charge is 0.419 e. The summed E-state index contributed by atoms with van der Waals surface area (Å²) in [5.41, 5.74) is 3.42. The van der Waals surface area contributed by atoms with Gasteiger partial charge in [0.25, 0.3) is 0 Å². The van der Waals surface area contributed by atoms with Gasteiger partial charge in [-0.15, -0.1) is 10.2 Å². The summed E-state index contributed by atoms with van der Waals surface area (Å²) >= 11 is 6.20. The highest BCUT2D eigenvalue weighted by Crippen LogP contribution is 2.27. The van der Waals surface area contributed by atoms with Crippen molar-refractivity contribution in [3.63, 3.8) is 0 Å². The number of hydrogen-bond donors (Lipinski definition) is 0. The molecule has 3 aromatic rings. The molecule has 4 rings (SSSR count). The van der Waals surface area contributed by atoms with E-state index in [-0.39, 0.29) is 0 Å². The van der Waals surface area contributed by atoms with E-state index in [9.17, 15) is 0 Å². The van der Waals surface area contributed by atoms with Gasteiger partial charge in [-0.2, -0.15) is 0 Å². The molecule has 0 N–H and O–H groups in total. The van der Waals surface area contributed by atoms with Crippen molar-refractivity contribution in [1.29, 1.82) is 0 Å². The van der Waals surface area contributed by atoms with Gasteiger partial charge >= 0.3 is 0 Å². The molecular formula is C20H21ClN4O. The molecule has 2 aromatic carbocycles. The lowest BCUT2D eigenvalue weighted by molar-refractivity contribution is 0.227. The first-order valence-electron chi connectivity index (χ1n) is 8.81. The highest BCUT2D eigenvalue weighted by atomic mass is 35.5. The smallest absolute Gasteiger partial charge is 0.249 e. The fourth-order valence-corrected chi connectivity index (χ4v) is 3.53. The third-order valence-corrected chi connectivity index (χ3v) is 5.09. The summed E-state index contributed by atoms with van der Waals surface area (Å²) in [7, 11) is 0. The van der Waals surface area contributed by atoms with Crippen molar-refractivity contribution < 1.29 is 4.42 Å². The summed E-state index contributed by atoms with van der Waals surface area (Å²) in [5, 5.41) is 8.96. The van der Waals surface area contributed by atoms with Crippen LogP contribution in [-0.4, -0.2) is 41.3 Å². The van der Waals surface area contributed by atoms with Gasteiger partial charge in [-0.3, -0.25) is 4.90 Å². The first kappa shape index (κ1) is 17.1. The quantitative estimate of drug-likeness (QED) is 0.696. The summed E-state index contributed by atoms with van der Waals surface area (Å²) in [6.07, 6.45) is 0. The predicted molar refractivity (Wildman–Crippen MR) is 103 cm³/mol. The zero-order valence-electron chi connectivity index (χ0n) is 14.7. The lowest BCUT2D eigenvalue weighted by Gasteiger charge is -2.36. The zero-order valence-corrected chi connectivity index (χ0v) is 15.5. The molecule has 134 valence electrons. The van der Waals surface area contributed by atoms with Crippen LogP contribution in [0.2, 0.25) is 5.02 Å². The molecule has 1 saturated heterocycles. The molecule has 0 atom stereocenters. The average Bonchev–Trinajstić information content (AvgIpc) is 3.11. The number of halogens is 1. The van der Waals surface area contributed by atoms with E-state index < -0.39 is 0 Å². The fourth-order valence-electron chi connectivity index (χ4n) is 3.32. The van der Waals surface area contributed by atoms with E-state index in [0.717, 1.165) is 31.7 Å². The monoisotopic (exact) mass is 368 g/mol. The molecule has 1 aromatic heterocycles. The van der Waals surface area contributed by atoms with Crippen molar-refractivity contribution in [2.75, 3.05) is 31.1 Å². The Morgan fingerprint density at radius 3 is 2.46 bits per heavy atom. The third-order valence-electron chi connectivity index (χ3n) is 4.76. The normalized spacial score (nSPS) is 15.4. The molecule has 5 nitrogen and oxygen atoms in total. The number of para-hydroxylation sites is 1. The summed E-state index contributed by atoms with van der Waals surface area (Å²) in [6, 6.07) is 16.1. The minimum absolute atomic E-state index is 0.476. The molecule has 2 heterocycles. The fraction of sp³-hybridized carbons (Fsp3) is 0.300. The van der Waals surface area contributed by atoms with E-state index in [1.165, 1.54) is 11.3 Å². The number of benzene rings is 2. The predicted octanol–water partition coefficient (Wildman–Crippen LogP) is 4.02. The van der Waals surface area contributed by atoms with Crippen molar-refractivity contribution in [2.45, 2.75) is 13.5 Å². The van der Waals surface area contributed by atoms with Crippen LogP contribution in [0.1, 0.15) is 11.5 Å². The van der Waals surface area contributed by atoms with Crippen molar-refractivity contribution in [3.8, 4) is 11.5 Å². The molecular weight excluding hydrogens is 348 g/mol. The minimum Gasteiger partial charge on any atom is -0.419 e. The Kier molecular flexibility index (Phi) is 4.91. The highest BCUT2D eigenvalue weighted by molar-refractivity contribution is 6.33. The first-order chi connectivity index (χ1) is 12.7. The average molecular weight is 369 g/mol. The van der Waals surface area contributed by atoms with Crippen LogP contribution in [0.15, 0.2) is 52.9 Å². The van der Waals surface area contributed by atoms with Crippen molar-refractivity contribution in [1.82, 2.24) is 15.1 Å². The highest BCUT2D eigenvalue weighted by Gasteiger charge is 2.20. The van der Waals surface area contributed by atoms with E-state index in [0.29, 0.717) is 23.3 Å². The van der Waals surface area contributed by atoms with E-state index in [4.69, 9.17) is 16.0 Å². The van der Waals surface area contributed by atoms with Crippen LogP contribution in [-0.2, 0) is 6.54 Å². The van der Waals surface area contributed by atoms with Gasteiger partial charge < -0.3 is 9.32 Å². The number of aryl methyl sites for hydroxylation is 1. The van der Waals surface area contributed by atoms with Crippen molar-refractivity contribution >= 4 is 17.3 Å². The van der Waals surface area contributed by atoms with Crippen molar-refractivity contribution in [3.05, 3.63) is 65.0 Å². The van der Waals surface area contributed by atoms with Crippen LogP contribution < -0.4 is 4.90 Å². The van der Waals surface area contributed by atoms with Crippen LogP contribution in [0.4, 0.5) is 5.69 Å². The molecule has 1 aliphatic heterocycles. The minimum atomic E-state index is 0.476. The van der Waals surface area contributed by atoms with E-state index in [1.807, 2.05) is 24.3 Å². The van der Waals surface area contributed by atoms with Gasteiger partial charge in [0.05, 0.1) is 17.1 Å². The molecule has 0 radical (unpaired) electrons. The molecule has 0 bridgehead atoms. The first-order valence-corrected chi connectivity index (χ1v) is 9.19. The Hall–Kier alpha value is -2.37. The number of anilines is 1. The number of piperazine rings is 1. The molecule has 6 heteroatoms. The van der Waals surface area contributed by atoms with Crippen LogP contribution in [0.5, 0.6) is 0 Å². The zero-order chi connectivity index (χ0) is 17.9. The lowest BCUT2D eigenvalue weighted by atomic mass is 10.1. The van der Waals surface area contributed by atoms with E-state index >= 15 is 0 Å². The Balaban J connectivity index is 1.38. The number of rotatable bonds is 4. The molecule has 0 unspecified atom stereocenters. The van der Waals surface area contributed by atoms with Gasteiger partial charge in [0, 0.05) is 31.9 Å². The Labute approximate surface area is 158 Å². The Bertz CT molecular complexity index is 887. The summed E-state index contributed by atoms with van der Waals surface area (Å²) in [6.45, 7) is 6.76. The summed E-state index contributed by atoms with van der Waals surface area (Å²) < 4.78 is 5.82. The summed E-state index contributed by atoms with van der Waals surface area (Å²) in [5.74, 6) is 1.11. The maximum Gasteiger partial charge on any atom is 0.249 e. The van der Waals surface area contributed by atoms with Gasteiger partial charge in [0.1, 0.15) is 0 Å². The van der Waals surface area contributed by atoms with Gasteiger partial charge in [0.15, 0.2) is 0 Å². The van der Waals surface area contributed by atoms with Crippen LogP contribution in [0, 0.1) is 6.92 Å². The van der Waals surface area contributed by atoms with Crippen LogP contribution >= 0.6 is 11.6 Å². The standard InChI is InChI=1S/C20H21ClN4O/c1-15-6-2-5-9-18(15)25-12-10-24(11-13-25)14-19-22-23-20(26-19)16-7-3-4-8-17(16)21/h2-9H,10-14H2,1H3. The van der Waals surface area contributed by atoms with Crippen LogP contribution in [0.3, 0.4) is 0 Å².